The summed E-state index contributed by atoms with van der Waals surface area (Å²) in [6, 6.07) is 8.71. The Labute approximate surface area is 178 Å². The summed E-state index contributed by atoms with van der Waals surface area (Å²) >= 11 is 0. The Bertz CT molecular complexity index is 1120. The molecular weight excluding hydrogens is 407 g/mol. The van der Waals surface area contributed by atoms with Crippen LogP contribution in [0.3, 0.4) is 0 Å². The summed E-state index contributed by atoms with van der Waals surface area (Å²) < 4.78 is 70.3. The van der Waals surface area contributed by atoms with Crippen LogP contribution < -0.4 is 0 Å². The van der Waals surface area contributed by atoms with Crippen LogP contribution in [-0.4, -0.2) is 0 Å². The van der Waals surface area contributed by atoms with E-state index in [1.807, 2.05) is 19.1 Å². The summed E-state index contributed by atoms with van der Waals surface area (Å²) in [5.41, 5.74) is 1.66. The summed E-state index contributed by atoms with van der Waals surface area (Å²) in [6.45, 7) is 1.86. The van der Waals surface area contributed by atoms with Crippen LogP contribution >= 0.6 is 0 Å². The van der Waals surface area contributed by atoms with Crippen molar-refractivity contribution in [3.8, 4) is 0 Å². The van der Waals surface area contributed by atoms with E-state index >= 15 is 0 Å². The van der Waals surface area contributed by atoms with Gasteiger partial charge in [-0.15, -0.1) is 0 Å². The second kappa shape index (κ2) is 8.81. The van der Waals surface area contributed by atoms with Gasteiger partial charge in [0.2, 0.25) is 0 Å². The second-order valence-corrected chi connectivity index (χ2v) is 8.26. The normalized spacial score (nSPS) is 19.4. The maximum atomic E-state index is 14.7. The topological polar surface area (TPSA) is 0 Å². The van der Waals surface area contributed by atoms with Gasteiger partial charge in [0, 0.05) is 10.9 Å². The monoisotopic (exact) mass is 430 g/mol. The summed E-state index contributed by atoms with van der Waals surface area (Å²) in [6.07, 6.45) is 6.85. The van der Waals surface area contributed by atoms with Crippen molar-refractivity contribution in [3.05, 3.63) is 94.3 Å². The molecule has 0 unspecified atom stereocenters. The smallest absolute Gasteiger partial charge is 0.195 e. The Hall–Kier alpha value is -2.69. The highest BCUT2D eigenvalue weighted by Crippen LogP contribution is 2.42. The van der Waals surface area contributed by atoms with Crippen molar-refractivity contribution >= 4 is 10.8 Å². The first-order valence-electron chi connectivity index (χ1n) is 10.5. The fourth-order valence-electron chi connectivity index (χ4n) is 4.69. The molecule has 0 amide bonds. The summed E-state index contributed by atoms with van der Waals surface area (Å²) in [4.78, 5) is 0. The third-order valence-electron chi connectivity index (χ3n) is 6.33. The summed E-state index contributed by atoms with van der Waals surface area (Å²) in [7, 11) is 0. The number of rotatable bonds is 4. The van der Waals surface area contributed by atoms with Gasteiger partial charge in [-0.1, -0.05) is 30.4 Å². The zero-order valence-corrected chi connectivity index (χ0v) is 17.2. The lowest BCUT2D eigenvalue weighted by molar-refractivity contribution is 0.376. The molecule has 3 aromatic rings. The van der Waals surface area contributed by atoms with Crippen molar-refractivity contribution in [1.82, 2.24) is 0 Å². The molecule has 31 heavy (non-hydrogen) atoms. The van der Waals surface area contributed by atoms with Gasteiger partial charge in [-0.05, 0) is 85.6 Å². The summed E-state index contributed by atoms with van der Waals surface area (Å²) in [5.74, 6) is -4.94. The van der Waals surface area contributed by atoms with E-state index in [4.69, 9.17) is 0 Å². The minimum Gasteiger partial charge on any atom is -0.207 e. The maximum Gasteiger partial charge on any atom is 0.195 e. The molecule has 3 aromatic carbocycles. The first kappa shape index (κ1) is 21.5. The predicted octanol–water partition coefficient (Wildman–Crippen LogP) is 8.10. The van der Waals surface area contributed by atoms with E-state index in [0.29, 0.717) is 43.1 Å². The highest BCUT2D eigenvalue weighted by atomic mass is 19.2. The van der Waals surface area contributed by atoms with Crippen LogP contribution in [0, 0.1) is 29.1 Å². The molecule has 0 heterocycles. The van der Waals surface area contributed by atoms with Gasteiger partial charge in [0.25, 0.3) is 0 Å². The highest BCUT2D eigenvalue weighted by Gasteiger charge is 2.28. The van der Waals surface area contributed by atoms with E-state index in [-0.39, 0.29) is 22.8 Å². The van der Waals surface area contributed by atoms with Crippen molar-refractivity contribution in [2.75, 3.05) is 0 Å². The van der Waals surface area contributed by atoms with E-state index < -0.39 is 29.1 Å². The third-order valence-corrected chi connectivity index (χ3v) is 6.33. The molecule has 0 N–H and O–H groups in total. The standard InChI is InChI=1S/C26H23F5/c1-2-3-4-15-11-21(27)24(22(28)12-15)17-7-5-16(6-8-17)18-9-10-20-19(13-18)14-23(29)26(31)25(20)30/h2-3,9-14,16-17H,4-8H2,1H3. The van der Waals surface area contributed by atoms with Crippen LogP contribution in [-0.2, 0) is 6.42 Å². The van der Waals surface area contributed by atoms with Crippen LogP contribution in [0.2, 0.25) is 0 Å². The van der Waals surface area contributed by atoms with Gasteiger partial charge >= 0.3 is 0 Å². The van der Waals surface area contributed by atoms with Crippen molar-refractivity contribution in [1.29, 1.82) is 0 Å². The Morgan fingerprint density at radius 3 is 2.06 bits per heavy atom. The largest absolute Gasteiger partial charge is 0.207 e. The van der Waals surface area contributed by atoms with Crippen molar-refractivity contribution in [2.24, 2.45) is 0 Å². The van der Waals surface area contributed by atoms with Gasteiger partial charge in [-0.25, -0.2) is 22.0 Å². The van der Waals surface area contributed by atoms with Crippen LogP contribution in [0.5, 0.6) is 0 Å². The lowest BCUT2D eigenvalue weighted by Gasteiger charge is -2.30. The summed E-state index contributed by atoms with van der Waals surface area (Å²) in [5, 5.41) is 0.350. The fourth-order valence-corrected chi connectivity index (χ4v) is 4.69. The molecule has 0 aliphatic heterocycles. The van der Waals surface area contributed by atoms with Gasteiger partial charge < -0.3 is 0 Å². The van der Waals surface area contributed by atoms with Gasteiger partial charge in [-0.2, -0.15) is 0 Å². The molecule has 0 bridgehead atoms. The average molecular weight is 430 g/mol. The maximum absolute atomic E-state index is 14.7. The van der Waals surface area contributed by atoms with Crippen molar-refractivity contribution in [2.45, 2.75) is 50.9 Å². The molecule has 0 radical (unpaired) electrons. The number of fused-ring (bicyclic) bond motifs is 1. The van der Waals surface area contributed by atoms with E-state index in [1.165, 1.54) is 18.2 Å². The molecule has 5 heteroatoms. The van der Waals surface area contributed by atoms with Gasteiger partial charge in [-0.3, -0.25) is 0 Å². The van der Waals surface area contributed by atoms with E-state index in [1.54, 1.807) is 12.1 Å². The minimum absolute atomic E-state index is 0.0403. The molecule has 1 aliphatic carbocycles. The first-order chi connectivity index (χ1) is 14.9. The number of hydrogen-bond donors (Lipinski definition) is 0. The average Bonchev–Trinajstić information content (AvgIpc) is 2.76. The zero-order chi connectivity index (χ0) is 22.1. The first-order valence-corrected chi connectivity index (χ1v) is 10.5. The number of allylic oxidation sites excluding steroid dienone is 2. The Morgan fingerprint density at radius 1 is 0.774 bits per heavy atom. The molecule has 0 aromatic heterocycles. The Morgan fingerprint density at radius 2 is 1.42 bits per heavy atom. The molecule has 1 aliphatic rings. The zero-order valence-electron chi connectivity index (χ0n) is 17.2. The molecule has 0 atom stereocenters. The lowest BCUT2D eigenvalue weighted by atomic mass is 9.75. The molecule has 1 saturated carbocycles. The van der Waals surface area contributed by atoms with Crippen molar-refractivity contribution < 1.29 is 22.0 Å². The minimum atomic E-state index is -1.47. The van der Waals surface area contributed by atoms with Crippen LogP contribution in [0.4, 0.5) is 22.0 Å². The van der Waals surface area contributed by atoms with Crippen LogP contribution in [0.15, 0.2) is 48.6 Å². The van der Waals surface area contributed by atoms with E-state index in [2.05, 4.69) is 0 Å². The van der Waals surface area contributed by atoms with Gasteiger partial charge in [0.15, 0.2) is 17.5 Å². The number of halogens is 5. The molecule has 162 valence electrons. The molecule has 4 rings (SSSR count). The molecule has 0 spiro atoms. The predicted molar refractivity (Wildman–Crippen MR) is 113 cm³/mol. The van der Waals surface area contributed by atoms with Crippen molar-refractivity contribution in [3.63, 3.8) is 0 Å². The molecular formula is C26H23F5. The van der Waals surface area contributed by atoms with Crippen LogP contribution in [0.1, 0.15) is 61.1 Å². The lowest BCUT2D eigenvalue weighted by Crippen LogP contribution is -2.15. The molecule has 0 saturated heterocycles. The van der Waals surface area contributed by atoms with Crippen LogP contribution in [0.25, 0.3) is 10.8 Å². The number of hydrogen-bond acceptors (Lipinski definition) is 0. The highest BCUT2D eigenvalue weighted by molar-refractivity contribution is 5.84. The second-order valence-electron chi connectivity index (χ2n) is 8.26. The third kappa shape index (κ3) is 4.23. The quantitative estimate of drug-likeness (QED) is 0.223. The van der Waals surface area contributed by atoms with Gasteiger partial charge in [0.1, 0.15) is 11.6 Å². The SMILES string of the molecule is CC=CCc1cc(F)c(C2CCC(c3ccc4c(F)c(F)c(F)cc4c3)CC2)c(F)c1. The fraction of sp³-hybridized carbons (Fsp3) is 0.308. The Kier molecular flexibility index (Phi) is 6.12. The number of benzene rings is 3. The van der Waals surface area contributed by atoms with E-state index in [9.17, 15) is 22.0 Å². The molecule has 0 nitrogen and oxygen atoms in total. The Balaban J connectivity index is 1.52. The van der Waals surface area contributed by atoms with Gasteiger partial charge in [0.05, 0.1) is 0 Å². The van der Waals surface area contributed by atoms with E-state index in [0.717, 1.165) is 11.6 Å². The molecule has 1 fully saturated rings.